The molecule has 0 bridgehead atoms. The maximum Gasteiger partial charge on any atom is 0.273 e. The molecule has 3 heterocycles. The highest BCUT2D eigenvalue weighted by molar-refractivity contribution is 7.09. The number of carbonyl (C=O) groups excluding carboxylic acids is 1. The minimum Gasteiger partial charge on any atom is -0.360 e. The summed E-state index contributed by atoms with van der Waals surface area (Å²) in [5.41, 5.74) is 0.384. The van der Waals surface area contributed by atoms with E-state index in [-0.39, 0.29) is 17.9 Å². The highest BCUT2D eigenvalue weighted by Gasteiger charge is 2.23. The van der Waals surface area contributed by atoms with Gasteiger partial charge in [-0.25, -0.2) is 0 Å². The first kappa shape index (κ1) is 16.2. The van der Waals surface area contributed by atoms with Crippen molar-refractivity contribution in [3.8, 4) is 0 Å². The van der Waals surface area contributed by atoms with Crippen LogP contribution in [-0.4, -0.2) is 35.1 Å². The number of hydrogen-bond acceptors (Lipinski definition) is 5. The maximum absolute atomic E-state index is 12.2. The predicted molar refractivity (Wildman–Crippen MR) is 90.7 cm³/mol. The smallest absolute Gasteiger partial charge is 0.273 e. The lowest BCUT2D eigenvalue weighted by atomic mass is 10.0. The Morgan fingerprint density at radius 2 is 2.26 bits per heavy atom. The van der Waals surface area contributed by atoms with Gasteiger partial charge in [0, 0.05) is 42.5 Å². The van der Waals surface area contributed by atoms with Crippen LogP contribution in [0.4, 0.5) is 0 Å². The van der Waals surface area contributed by atoms with Crippen LogP contribution in [-0.2, 0) is 6.54 Å². The standard InChI is InChI=1S/C17H23N3O2S/c1-12(2)16-10-15(19-22-16)17(21)18-13-5-7-20(8-6-13)11-14-4-3-9-23-14/h3-4,9-10,12-13H,5-8,11H2,1-2H3,(H,18,21). The van der Waals surface area contributed by atoms with Crippen molar-refractivity contribution in [1.29, 1.82) is 0 Å². The van der Waals surface area contributed by atoms with E-state index in [0.29, 0.717) is 5.69 Å². The second kappa shape index (κ2) is 7.27. The summed E-state index contributed by atoms with van der Waals surface area (Å²) in [7, 11) is 0. The Hall–Kier alpha value is -1.66. The summed E-state index contributed by atoms with van der Waals surface area (Å²) in [5.74, 6) is 0.864. The Balaban J connectivity index is 1.47. The van der Waals surface area contributed by atoms with Gasteiger partial charge in [-0.1, -0.05) is 25.1 Å². The fraction of sp³-hybridized carbons (Fsp3) is 0.529. The van der Waals surface area contributed by atoms with Gasteiger partial charge < -0.3 is 9.84 Å². The number of likely N-dealkylation sites (tertiary alicyclic amines) is 1. The number of nitrogens with zero attached hydrogens (tertiary/aromatic N) is 2. The first-order valence-electron chi connectivity index (χ1n) is 8.14. The quantitative estimate of drug-likeness (QED) is 0.912. The van der Waals surface area contributed by atoms with Crippen LogP contribution in [0.3, 0.4) is 0 Å². The monoisotopic (exact) mass is 333 g/mol. The van der Waals surface area contributed by atoms with Gasteiger partial charge in [-0.05, 0) is 24.3 Å². The lowest BCUT2D eigenvalue weighted by Gasteiger charge is -2.31. The Kier molecular flexibility index (Phi) is 5.13. The van der Waals surface area contributed by atoms with Gasteiger partial charge in [0.25, 0.3) is 5.91 Å². The van der Waals surface area contributed by atoms with Gasteiger partial charge in [-0.2, -0.15) is 0 Å². The van der Waals surface area contributed by atoms with Crippen molar-refractivity contribution in [2.24, 2.45) is 0 Å². The summed E-state index contributed by atoms with van der Waals surface area (Å²) >= 11 is 1.80. The van der Waals surface area contributed by atoms with E-state index in [4.69, 9.17) is 4.52 Å². The predicted octanol–water partition coefficient (Wildman–Crippen LogP) is 3.25. The molecule has 1 fully saturated rings. The molecule has 0 aromatic carbocycles. The number of nitrogens with one attached hydrogen (secondary N) is 1. The van der Waals surface area contributed by atoms with Crippen LogP contribution in [0.1, 0.15) is 53.7 Å². The zero-order chi connectivity index (χ0) is 16.2. The Bertz CT molecular complexity index is 628. The van der Waals surface area contributed by atoms with Gasteiger partial charge in [-0.15, -0.1) is 11.3 Å². The molecule has 6 heteroatoms. The van der Waals surface area contributed by atoms with Crippen molar-refractivity contribution >= 4 is 17.2 Å². The molecule has 1 aliphatic rings. The number of aromatic nitrogens is 1. The molecule has 23 heavy (non-hydrogen) atoms. The average molecular weight is 333 g/mol. The summed E-state index contributed by atoms with van der Waals surface area (Å²) < 4.78 is 5.19. The highest BCUT2D eigenvalue weighted by atomic mass is 32.1. The van der Waals surface area contributed by atoms with E-state index in [0.717, 1.165) is 38.2 Å². The van der Waals surface area contributed by atoms with Gasteiger partial charge in [0.05, 0.1) is 0 Å². The lowest BCUT2D eigenvalue weighted by Crippen LogP contribution is -2.44. The second-order valence-electron chi connectivity index (χ2n) is 6.37. The fourth-order valence-corrected chi connectivity index (χ4v) is 3.53. The Morgan fingerprint density at radius 1 is 1.48 bits per heavy atom. The van der Waals surface area contributed by atoms with E-state index in [9.17, 15) is 4.79 Å². The van der Waals surface area contributed by atoms with Gasteiger partial charge in [0.2, 0.25) is 0 Å². The summed E-state index contributed by atoms with van der Waals surface area (Å²) in [4.78, 5) is 16.1. The van der Waals surface area contributed by atoms with Gasteiger partial charge in [-0.3, -0.25) is 9.69 Å². The van der Waals surface area contributed by atoms with E-state index < -0.39 is 0 Å². The van der Waals surface area contributed by atoms with Crippen LogP contribution in [0.5, 0.6) is 0 Å². The van der Waals surface area contributed by atoms with Crippen molar-refractivity contribution in [2.45, 2.75) is 45.2 Å². The lowest BCUT2D eigenvalue weighted by molar-refractivity contribution is 0.0900. The van der Waals surface area contributed by atoms with Gasteiger partial charge in [0.15, 0.2) is 5.69 Å². The molecule has 0 atom stereocenters. The number of carbonyl (C=O) groups is 1. The molecular formula is C17H23N3O2S. The third kappa shape index (κ3) is 4.20. The zero-order valence-electron chi connectivity index (χ0n) is 13.6. The minimum absolute atomic E-state index is 0.127. The van der Waals surface area contributed by atoms with Crippen molar-refractivity contribution in [2.75, 3.05) is 13.1 Å². The highest BCUT2D eigenvalue weighted by Crippen LogP contribution is 2.18. The number of amides is 1. The number of piperidine rings is 1. The summed E-state index contributed by atoms with van der Waals surface area (Å²) in [6.07, 6.45) is 1.96. The third-order valence-corrected chi connectivity index (χ3v) is 5.07. The van der Waals surface area contributed by atoms with E-state index >= 15 is 0 Å². The van der Waals surface area contributed by atoms with E-state index in [1.807, 2.05) is 13.8 Å². The summed E-state index contributed by atoms with van der Waals surface area (Å²) in [5, 5.41) is 9.07. The Labute approximate surface area is 140 Å². The van der Waals surface area contributed by atoms with E-state index in [1.54, 1.807) is 17.4 Å². The number of rotatable bonds is 5. The van der Waals surface area contributed by atoms with Gasteiger partial charge >= 0.3 is 0 Å². The fourth-order valence-electron chi connectivity index (χ4n) is 2.79. The molecule has 0 unspecified atom stereocenters. The van der Waals surface area contributed by atoms with Gasteiger partial charge in [0.1, 0.15) is 5.76 Å². The van der Waals surface area contributed by atoms with Crippen LogP contribution < -0.4 is 5.32 Å². The molecule has 5 nitrogen and oxygen atoms in total. The van der Waals surface area contributed by atoms with Crippen molar-refractivity contribution in [3.63, 3.8) is 0 Å². The molecule has 1 aliphatic heterocycles. The normalized spacial score (nSPS) is 16.8. The van der Waals surface area contributed by atoms with Crippen molar-refractivity contribution < 1.29 is 9.32 Å². The maximum atomic E-state index is 12.2. The minimum atomic E-state index is -0.127. The molecule has 124 valence electrons. The number of hydrogen-bond donors (Lipinski definition) is 1. The SMILES string of the molecule is CC(C)c1cc(C(=O)NC2CCN(Cc3cccs3)CC2)no1. The molecule has 1 saturated heterocycles. The molecule has 1 N–H and O–H groups in total. The van der Waals surface area contributed by atoms with E-state index in [2.05, 4.69) is 32.9 Å². The summed E-state index contributed by atoms with van der Waals surface area (Å²) in [6, 6.07) is 6.23. The molecule has 3 rings (SSSR count). The van der Waals surface area contributed by atoms with Crippen LogP contribution >= 0.6 is 11.3 Å². The van der Waals surface area contributed by atoms with Crippen molar-refractivity contribution in [1.82, 2.24) is 15.4 Å². The van der Waals surface area contributed by atoms with Crippen LogP contribution in [0.25, 0.3) is 0 Å². The molecule has 0 radical (unpaired) electrons. The van der Waals surface area contributed by atoms with Crippen LogP contribution in [0.2, 0.25) is 0 Å². The molecule has 0 saturated carbocycles. The Morgan fingerprint density at radius 3 is 2.87 bits per heavy atom. The van der Waals surface area contributed by atoms with E-state index in [1.165, 1.54) is 4.88 Å². The molecule has 0 aliphatic carbocycles. The number of thiophene rings is 1. The first-order chi connectivity index (χ1) is 11.1. The third-order valence-electron chi connectivity index (χ3n) is 4.21. The molecule has 0 spiro atoms. The van der Waals surface area contributed by atoms with Crippen LogP contribution in [0.15, 0.2) is 28.1 Å². The first-order valence-corrected chi connectivity index (χ1v) is 9.02. The summed E-state index contributed by atoms with van der Waals surface area (Å²) in [6.45, 7) is 7.08. The molecular weight excluding hydrogens is 310 g/mol. The average Bonchev–Trinajstić information content (AvgIpc) is 3.20. The molecule has 2 aromatic rings. The van der Waals surface area contributed by atoms with Crippen molar-refractivity contribution in [3.05, 3.63) is 39.9 Å². The molecule has 2 aromatic heterocycles. The molecule has 1 amide bonds. The second-order valence-corrected chi connectivity index (χ2v) is 7.40. The topological polar surface area (TPSA) is 58.4 Å². The van der Waals surface area contributed by atoms with Crippen LogP contribution in [0, 0.1) is 0 Å². The largest absolute Gasteiger partial charge is 0.360 e. The zero-order valence-corrected chi connectivity index (χ0v) is 14.4.